The first-order valence-corrected chi connectivity index (χ1v) is 10.7. The maximum absolute atomic E-state index is 12.3. The van der Waals surface area contributed by atoms with Crippen LogP contribution in [0.5, 0.6) is 0 Å². The number of halogens is 1. The van der Waals surface area contributed by atoms with E-state index in [0.29, 0.717) is 21.6 Å². The summed E-state index contributed by atoms with van der Waals surface area (Å²) in [6, 6.07) is 16.6. The van der Waals surface area contributed by atoms with Crippen molar-refractivity contribution in [2.45, 2.75) is 45.5 Å². The van der Waals surface area contributed by atoms with Crippen LogP contribution in [0.2, 0.25) is 5.02 Å². The van der Waals surface area contributed by atoms with Gasteiger partial charge in [0.05, 0.1) is 22.8 Å². The monoisotopic (exact) mass is 452 g/mol. The lowest BCUT2D eigenvalue weighted by Crippen LogP contribution is -2.41. The van der Waals surface area contributed by atoms with Gasteiger partial charge in [-0.2, -0.15) is 5.26 Å². The molecule has 8 heteroatoms. The fourth-order valence-corrected chi connectivity index (χ4v) is 3.36. The average Bonchev–Trinajstić information content (AvgIpc) is 2.96. The third kappa shape index (κ3) is 5.92. The van der Waals surface area contributed by atoms with Gasteiger partial charge in [-0.1, -0.05) is 48.0 Å². The highest BCUT2D eigenvalue weighted by Crippen LogP contribution is 2.38. The van der Waals surface area contributed by atoms with Gasteiger partial charge in [0.25, 0.3) is 0 Å². The second-order valence-corrected chi connectivity index (χ2v) is 9.04. The van der Waals surface area contributed by atoms with Gasteiger partial charge in [-0.15, -0.1) is 0 Å². The molecule has 2 aromatic carbocycles. The fraction of sp³-hybridized carbons (Fsp3) is 0.333. The lowest BCUT2D eigenvalue weighted by atomic mass is 9.77. The third-order valence-corrected chi connectivity index (χ3v) is 5.83. The van der Waals surface area contributed by atoms with Crippen LogP contribution in [0.25, 0.3) is 6.08 Å². The highest BCUT2D eigenvalue weighted by Gasteiger charge is 2.52. The molecule has 0 bridgehead atoms. The largest absolute Gasteiger partial charge is 0.492 e. The molecule has 0 atom stereocenters. The molecule has 0 spiro atoms. The maximum atomic E-state index is 12.3. The van der Waals surface area contributed by atoms with Gasteiger partial charge < -0.3 is 19.4 Å². The molecule has 1 aliphatic heterocycles. The molecule has 0 aromatic heterocycles. The standard InChI is InChI=1S/C24H26BClN2O4/c1-23(2)24(3,4)32-25(31-23)20(11-18-10-19(14-27)13-21(26)12-18)15-28-22(29)30-16-17-8-6-5-7-9-17/h5-13H,15-16H2,1-4H3,(H,28,29). The van der Waals surface area contributed by atoms with Gasteiger partial charge in [-0.3, -0.25) is 0 Å². The van der Waals surface area contributed by atoms with E-state index in [1.165, 1.54) is 0 Å². The summed E-state index contributed by atoms with van der Waals surface area (Å²) >= 11 is 6.16. The molecule has 0 saturated carbocycles. The number of rotatable bonds is 6. The first-order valence-electron chi connectivity index (χ1n) is 10.3. The topological polar surface area (TPSA) is 80.6 Å². The molecule has 1 N–H and O–H groups in total. The lowest BCUT2D eigenvalue weighted by Gasteiger charge is -2.32. The Morgan fingerprint density at radius 1 is 1.16 bits per heavy atom. The van der Waals surface area contributed by atoms with Crippen molar-refractivity contribution in [3.63, 3.8) is 0 Å². The summed E-state index contributed by atoms with van der Waals surface area (Å²) in [6.45, 7) is 8.14. The Bertz CT molecular complexity index is 1030. The van der Waals surface area contributed by atoms with Crippen molar-refractivity contribution in [1.29, 1.82) is 5.26 Å². The summed E-state index contributed by atoms with van der Waals surface area (Å²) in [4.78, 5) is 12.3. The zero-order valence-electron chi connectivity index (χ0n) is 18.6. The van der Waals surface area contributed by atoms with Crippen LogP contribution < -0.4 is 5.32 Å². The van der Waals surface area contributed by atoms with Crippen LogP contribution in [0, 0.1) is 11.3 Å². The Balaban J connectivity index is 1.77. The van der Waals surface area contributed by atoms with Gasteiger partial charge in [0, 0.05) is 11.6 Å². The van der Waals surface area contributed by atoms with Crippen LogP contribution >= 0.6 is 11.6 Å². The molecule has 0 aliphatic carbocycles. The summed E-state index contributed by atoms with van der Waals surface area (Å²) in [5.41, 5.74) is 1.62. The number of carbonyl (C=O) groups is 1. The van der Waals surface area contributed by atoms with Crippen LogP contribution in [0.3, 0.4) is 0 Å². The number of alkyl carbamates (subject to hydrolysis) is 1. The molecule has 32 heavy (non-hydrogen) atoms. The van der Waals surface area contributed by atoms with Crippen molar-refractivity contribution in [3.05, 3.63) is 75.7 Å². The second-order valence-electron chi connectivity index (χ2n) is 8.61. The van der Waals surface area contributed by atoms with Crippen molar-refractivity contribution < 1.29 is 18.8 Å². The number of benzene rings is 2. The number of nitrogens with zero attached hydrogens (tertiary/aromatic N) is 1. The molecule has 2 aromatic rings. The van der Waals surface area contributed by atoms with Gasteiger partial charge in [-0.05, 0) is 62.5 Å². The lowest BCUT2D eigenvalue weighted by molar-refractivity contribution is 0.00578. The molecular weight excluding hydrogens is 427 g/mol. The minimum absolute atomic E-state index is 0.138. The number of ether oxygens (including phenoxy) is 1. The molecule has 1 amide bonds. The van der Waals surface area contributed by atoms with E-state index in [-0.39, 0.29) is 13.2 Å². The van der Waals surface area contributed by atoms with E-state index < -0.39 is 24.4 Å². The zero-order valence-corrected chi connectivity index (χ0v) is 19.4. The Morgan fingerprint density at radius 2 is 1.81 bits per heavy atom. The average molecular weight is 453 g/mol. The van der Waals surface area contributed by atoms with E-state index in [4.69, 9.17) is 25.6 Å². The molecule has 1 fully saturated rings. The summed E-state index contributed by atoms with van der Waals surface area (Å²) in [7, 11) is -0.682. The number of nitriles is 1. The van der Waals surface area contributed by atoms with Crippen LogP contribution in [0.15, 0.2) is 54.0 Å². The predicted octanol–water partition coefficient (Wildman–Crippen LogP) is 5.15. The summed E-state index contributed by atoms with van der Waals surface area (Å²) < 4.78 is 17.6. The van der Waals surface area contributed by atoms with Gasteiger partial charge >= 0.3 is 13.2 Å². The normalized spacial score (nSPS) is 17.0. The number of carbonyl (C=O) groups excluding carboxylic acids is 1. The first-order chi connectivity index (χ1) is 15.1. The molecule has 1 aliphatic rings. The molecule has 6 nitrogen and oxygen atoms in total. The minimum Gasteiger partial charge on any atom is -0.445 e. The predicted molar refractivity (Wildman–Crippen MR) is 125 cm³/mol. The second kappa shape index (κ2) is 9.78. The number of hydrogen-bond donors (Lipinski definition) is 1. The van der Waals surface area contributed by atoms with E-state index >= 15 is 0 Å². The fourth-order valence-electron chi connectivity index (χ4n) is 3.12. The first kappa shape index (κ1) is 23.9. The van der Waals surface area contributed by atoms with Crippen molar-refractivity contribution in [3.8, 4) is 6.07 Å². The molecule has 166 valence electrons. The molecular formula is C24H26BClN2O4. The maximum Gasteiger partial charge on any atom is 0.492 e. The summed E-state index contributed by atoms with van der Waals surface area (Å²) in [5.74, 6) is 0. The van der Waals surface area contributed by atoms with E-state index in [1.807, 2.05) is 64.1 Å². The SMILES string of the molecule is CC1(C)OB(C(=Cc2cc(Cl)cc(C#N)c2)CNC(=O)OCc2ccccc2)OC1(C)C. The van der Waals surface area contributed by atoms with Gasteiger partial charge in [0.1, 0.15) is 6.61 Å². The highest BCUT2D eigenvalue weighted by atomic mass is 35.5. The molecule has 3 rings (SSSR count). The van der Waals surface area contributed by atoms with Crippen LogP contribution in [-0.2, 0) is 20.7 Å². The summed E-state index contributed by atoms with van der Waals surface area (Å²) in [6.07, 6.45) is 1.26. The van der Waals surface area contributed by atoms with Gasteiger partial charge in [0.2, 0.25) is 0 Å². The third-order valence-electron chi connectivity index (χ3n) is 5.61. The Kier molecular flexibility index (Phi) is 7.30. The smallest absolute Gasteiger partial charge is 0.445 e. The van der Waals surface area contributed by atoms with Crippen molar-refractivity contribution >= 4 is 30.9 Å². The highest BCUT2D eigenvalue weighted by molar-refractivity contribution is 6.56. The zero-order chi connectivity index (χ0) is 23.4. The minimum atomic E-state index is -0.682. The van der Waals surface area contributed by atoms with Crippen molar-refractivity contribution in [2.24, 2.45) is 0 Å². The van der Waals surface area contributed by atoms with Crippen LogP contribution in [0.1, 0.15) is 44.4 Å². The van der Waals surface area contributed by atoms with Crippen molar-refractivity contribution in [1.82, 2.24) is 5.32 Å². The van der Waals surface area contributed by atoms with Crippen molar-refractivity contribution in [2.75, 3.05) is 6.54 Å². The molecule has 0 radical (unpaired) electrons. The van der Waals surface area contributed by atoms with E-state index in [2.05, 4.69) is 11.4 Å². The molecule has 1 saturated heterocycles. The van der Waals surface area contributed by atoms with Gasteiger partial charge in [0.15, 0.2) is 0 Å². The quantitative estimate of drug-likeness (QED) is 0.613. The Hall–Kier alpha value is -2.79. The Morgan fingerprint density at radius 3 is 2.44 bits per heavy atom. The van der Waals surface area contributed by atoms with Crippen LogP contribution in [0.4, 0.5) is 4.79 Å². The van der Waals surface area contributed by atoms with E-state index in [0.717, 1.165) is 5.56 Å². The van der Waals surface area contributed by atoms with Crippen LogP contribution in [-0.4, -0.2) is 31.0 Å². The number of hydrogen-bond acceptors (Lipinski definition) is 5. The molecule has 1 heterocycles. The Labute approximate surface area is 194 Å². The molecule has 0 unspecified atom stereocenters. The van der Waals surface area contributed by atoms with E-state index in [1.54, 1.807) is 18.2 Å². The van der Waals surface area contributed by atoms with Gasteiger partial charge in [-0.25, -0.2) is 4.79 Å². The number of nitrogens with one attached hydrogen (secondary N) is 1. The number of amides is 1. The van der Waals surface area contributed by atoms with E-state index in [9.17, 15) is 10.1 Å². The summed E-state index contributed by atoms with van der Waals surface area (Å²) in [5, 5.41) is 12.5.